The summed E-state index contributed by atoms with van der Waals surface area (Å²) in [5.74, 6) is -0.668. The summed E-state index contributed by atoms with van der Waals surface area (Å²) in [7, 11) is 0. The number of nitrogens with one attached hydrogen (secondary N) is 1. The van der Waals surface area contributed by atoms with Crippen molar-refractivity contribution in [1.29, 1.82) is 0 Å². The van der Waals surface area contributed by atoms with Gasteiger partial charge in [-0.25, -0.2) is 0 Å². The zero-order chi connectivity index (χ0) is 21.0. The number of hydrogen-bond donors (Lipinski definition) is 2. The van der Waals surface area contributed by atoms with Crippen molar-refractivity contribution in [1.82, 2.24) is 0 Å². The Bertz CT molecular complexity index is 1350. The Balaban J connectivity index is 1.76. The molecule has 0 aliphatic carbocycles. The quantitative estimate of drug-likeness (QED) is 0.380. The number of amides is 1. The van der Waals surface area contributed by atoms with Crippen molar-refractivity contribution in [3.8, 4) is 16.9 Å². The Hall–Kier alpha value is -3.15. The Kier molecular flexibility index (Phi) is 4.20. The molecule has 1 atom stereocenters. The van der Waals surface area contributed by atoms with E-state index in [1.807, 2.05) is 36.4 Å². The summed E-state index contributed by atoms with van der Waals surface area (Å²) in [4.78, 5) is 26.7. The Labute approximate surface area is 181 Å². The van der Waals surface area contributed by atoms with Gasteiger partial charge < -0.3 is 10.4 Å². The van der Waals surface area contributed by atoms with Crippen LogP contribution in [-0.4, -0.2) is 16.8 Å². The number of hydrogen-bond acceptors (Lipinski definition) is 4. The third-order valence-corrected chi connectivity index (χ3v) is 7.06. The second-order valence-corrected chi connectivity index (χ2v) is 9.03. The highest BCUT2D eigenvalue weighted by Gasteiger charge is 2.49. The third kappa shape index (κ3) is 2.52. The predicted octanol–water partition coefficient (Wildman–Crippen LogP) is 6.02. The Morgan fingerprint density at radius 2 is 1.63 bits per heavy atom. The minimum absolute atomic E-state index is 0.0571. The molecular weight excluding hydrogens is 418 g/mol. The molecule has 0 saturated carbocycles. The SMILES string of the molecule is CC1(c2ccccc2)C(=O)Nc2sc(Cl)c(-c3ccc4ccccc4c3O)c2C1=O. The normalized spacial score (nSPS) is 18.3. The van der Waals surface area contributed by atoms with Crippen LogP contribution in [0.4, 0.5) is 5.00 Å². The Morgan fingerprint density at radius 3 is 2.40 bits per heavy atom. The first kappa shape index (κ1) is 18.9. The molecule has 6 heteroatoms. The maximum atomic E-state index is 13.7. The number of phenolic OH excluding ortho intramolecular Hbond substituents is 1. The molecule has 1 amide bonds. The minimum atomic E-state index is -1.39. The smallest absolute Gasteiger partial charge is 0.243 e. The summed E-state index contributed by atoms with van der Waals surface area (Å²) < 4.78 is 0.344. The Morgan fingerprint density at radius 1 is 0.933 bits per heavy atom. The van der Waals surface area contributed by atoms with E-state index in [1.54, 1.807) is 37.3 Å². The van der Waals surface area contributed by atoms with Crippen molar-refractivity contribution in [3.05, 3.63) is 82.2 Å². The zero-order valence-electron chi connectivity index (χ0n) is 15.9. The number of carbonyl (C=O) groups is 2. The van der Waals surface area contributed by atoms with Crippen LogP contribution in [0.2, 0.25) is 4.34 Å². The van der Waals surface area contributed by atoms with Gasteiger partial charge in [0.2, 0.25) is 5.91 Å². The number of fused-ring (bicyclic) bond motifs is 2. The van der Waals surface area contributed by atoms with Crippen LogP contribution in [-0.2, 0) is 10.2 Å². The molecule has 0 bridgehead atoms. The van der Waals surface area contributed by atoms with Gasteiger partial charge in [-0.2, -0.15) is 0 Å². The number of phenols is 1. The van der Waals surface area contributed by atoms with E-state index in [4.69, 9.17) is 11.6 Å². The van der Waals surface area contributed by atoms with E-state index in [0.29, 0.717) is 37.0 Å². The molecule has 1 aromatic heterocycles. The lowest BCUT2D eigenvalue weighted by molar-refractivity contribution is -0.119. The lowest BCUT2D eigenvalue weighted by atomic mass is 9.73. The minimum Gasteiger partial charge on any atom is -0.507 e. The van der Waals surface area contributed by atoms with Gasteiger partial charge >= 0.3 is 0 Å². The van der Waals surface area contributed by atoms with E-state index in [0.717, 1.165) is 16.7 Å². The van der Waals surface area contributed by atoms with Crippen LogP contribution < -0.4 is 5.32 Å². The number of thiophene rings is 1. The maximum absolute atomic E-state index is 13.7. The number of carbonyl (C=O) groups excluding carboxylic acids is 2. The van der Waals surface area contributed by atoms with E-state index in [2.05, 4.69) is 5.32 Å². The van der Waals surface area contributed by atoms with Crippen molar-refractivity contribution >= 4 is 50.4 Å². The third-order valence-electron chi connectivity index (χ3n) is 5.75. The highest BCUT2D eigenvalue weighted by molar-refractivity contribution is 7.21. The molecule has 1 aliphatic rings. The molecule has 4 nitrogen and oxygen atoms in total. The number of rotatable bonds is 2. The number of aromatic hydroxyl groups is 1. The first-order valence-electron chi connectivity index (χ1n) is 9.38. The molecule has 148 valence electrons. The van der Waals surface area contributed by atoms with Gasteiger partial charge in [-0.05, 0) is 23.9 Å². The van der Waals surface area contributed by atoms with E-state index < -0.39 is 11.3 Å². The summed E-state index contributed by atoms with van der Waals surface area (Å²) in [5.41, 5.74) is 0.471. The van der Waals surface area contributed by atoms with Gasteiger partial charge in [-0.15, -0.1) is 11.3 Å². The zero-order valence-corrected chi connectivity index (χ0v) is 17.5. The summed E-state index contributed by atoms with van der Waals surface area (Å²) in [5, 5.41) is 15.8. The van der Waals surface area contributed by atoms with Crippen LogP contribution in [0.5, 0.6) is 5.75 Å². The molecule has 30 heavy (non-hydrogen) atoms. The first-order chi connectivity index (χ1) is 14.4. The lowest BCUT2D eigenvalue weighted by Crippen LogP contribution is -2.48. The summed E-state index contributed by atoms with van der Waals surface area (Å²) in [6.45, 7) is 1.62. The number of ketones is 1. The van der Waals surface area contributed by atoms with Gasteiger partial charge in [0.25, 0.3) is 0 Å². The van der Waals surface area contributed by atoms with Crippen LogP contribution in [0.3, 0.4) is 0 Å². The average Bonchev–Trinajstić information content (AvgIpc) is 3.08. The second kappa shape index (κ2) is 6.69. The van der Waals surface area contributed by atoms with E-state index >= 15 is 0 Å². The van der Waals surface area contributed by atoms with Crippen molar-refractivity contribution in [2.45, 2.75) is 12.3 Å². The molecule has 1 aliphatic heterocycles. The van der Waals surface area contributed by atoms with Gasteiger partial charge in [0.15, 0.2) is 5.78 Å². The number of benzene rings is 3. The molecule has 0 spiro atoms. The van der Waals surface area contributed by atoms with Gasteiger partial charge in [-0.1, -0.05) is 72.3 Å². The lowest BCUT2D eigenvalue weighted by Gasteiger charge is -2.31. The van der Waals surface area contributed by atoms with Crippen LogP contribution in [0.1, 0.15) is 22.8 Å². The number of Topliss-reactive ketones (excluding diaryl/α,β-unsaturated/α-hetero) is 1. The molecular formula is C24H16ClNO3S. The van der Waals surface area contributed by atoms with Gasteiger partial charge in [0, 0.05) is 16.5 Å². The molecule has 4 aromatic rings. The van der Waals surface area contributed by atoms with Crippen LogP contribution in [0.25, 0.3) is 21.9 Å². The largest absolute Gasteiger partial charge is 0.507 e. The standard InChI is InChI=1S/C24H16ClNO3S/c1-24(14-8-3-2-4-9-14)20(28)18-17(21(25)30-22(18)26-23(24)29)16-12-11-13-7-5-6-10-15(13)19(16)27/h2-12,27H,1H3,(H,26,29). The summed E-state index contributed by atoms with van der Waals surface area (Å²) in [6, 6.07) is 20.1. The van der Waals surface area contributed by atoms with Crippen molar-refractivity contribution in [2.75, 3.05) is 5.32 Å². The van der Waals surface area contributed by atoms with Crippen LogP contribution >= 0.6 is 22.9 Å². The number of halogens is 1. The molecule has 2 N–H and O–H groups in total. The van der Waals surface area contributed by atoms with Gasteiger partial charge in [-0.3, -0.25) is 9.59 Å². The summed E-state index contributed by atoms with van der Waals surface area (Å²) >= 11 is 7.68. The maximum Gasteiger partial charge on any atom is 0.243 e. The summed E-state index contributed by atoms with van der Waals surface area (Å²) in [6.07, 6.45) is 0. The average molecular weight is 434 g/mol. The highest BCUT2D eigenvalue weighted by atomic mass is 35.5. The molecule has 0 fully saturated rings. The molecule has 5 rings (SSSR count). The van der Waals surface area contributed by atoms with Crippen molar-refractivity contribution < 1.29 is 14.7 Å². The van der Waals surface area contributed by atoms with Crippen LogP contribution in [0.15, 0.2) is 66.7 Å². The monoisotopic (exact) mass is 433 g/mol. The molecule has 0 radical (unpaired) electrons. The van der Waals surface area contributed by atoms with Crippen LogP contribution in [0, 0.1) is 0 Å². The van der Waals surface area contributed by atoms with Crippen molar-refractivity contribution in [3.63, 3.8) is 0 Å². The molecule has 1 unspecified atom stereocenters. The van der Waals surface area contributed by atoms with E-state index in [9.17, 15) is 14.7 Å². The van der Waals surface area contributed by atoms with Crippen molar-refractivity contribution in [2.24, 2.45) is 0 Å². The molecule has 2 heterocycles. The fraction of sp³-hybridized carbons (Fsp3) is 0.0833. The highest BCUT2D eigenvalue weighted by Crippen LogP contribution is 2.51. The van der Waals surface area contributed by atoms with E-state index in [1.165, 1.54) is 0 Å². The predicted molar refractivity (Wildman–Crippen MR) is 121 cm³/mol. The van der Waals surface area contributed by atoms with Gasteiger partial charge in [0.05, 0.1) is 5.56 Å². The fourth-order valence-electron chi connectivity index (χ4n) is 4.02. The fourth-order valence-corrected chi connectivity index (χ4v) is 5.38. The number of anilines is 1. The van der Waals surface area contributed by atoms with Gasteiger partial charge in [0.1, 0.15) is 20.5 Å². The van der Waals surface area contributed by atoms with E-state index in [-0.39, 0.29) is 11.5 Å². The molecule has 0 saturated heterocycles. The second-order valence-electron chi connectivity index (χ2n) is 7.41. The topological polar surface area (TPSA) is 66.4 Å². The first-order valence-corrected chi connectivity index (χ1v) is 10.6. The molecule has 3 aromatic carbocycles.